The molecule has 0 spiro atoms. The van der Waals surface area contributed by atoms with Gasteiger partial charge in [0.05, 0.1) is 13.2 Å². The molecule has 3 atom stereocenters. The highest BCUT2D eigenvalue weighted by molar-refractivity contribution is 5.86. The number of hydrogen-bond acceptors (Lipinski definition) is 5. The van der Waals surface area contributed by atoms with Crippen molar-refractivity contribution < 1.29 is 29.0 Å². The Bertz CT molecular complexity index is 1050. The Kier molecular flexibility index (Phi) is 6.24. The molecule has 8 nitrogen and oxygen atoms in total. The summed E-state index contributed by atoms with van der Waals surface area (Å²) < 4.78 is 10.9. The number of carboxylic acid groups (broad SMARTS) is 1. The van der Waals surface area contributed by atoms with E-state index in [1.54, 1.807) is 0 Å². The van der Waals surface area contributed by atoms with Gasteiger partial charge in [0.1, 0.15) is 12.6 Å². The van der Waals surface area contributed by atoms with E-state index in [1.165, 1.54) is 0 Å². The molecule has 2 aromatic carbocycles. The number of aliphatic carboxylic acids is 1. The van der Waals surface area contributed by atoms with E-state index in [-0.39, 0.29) is 31.3 Å². The van der Waals surface area contributed by atoms with Crippen LogP contribution >= 0.6 is 0 Å². The van der Waals surface area contributed by atoms with Gasteiger partial charge in [-0.1, -0.05) is 48.5 Å². The first-order chi connectivity index (χ1) is 16.5. The molecule has 2 fully saturated rings. The van der Waals surface area contributed by atoms with Crippen LogP contribution in [0.15, 0.2) is 48.5 Å². The summed E-state index contributed by atoms with van der Waals surface area (Å²) in [4.78, 5) is 36.4. The average molecular weight is 465 g/mol. The second-order valence-corrected chi connectivity index (χ2v) is 9.23. The van der Waals surface area contributed by atoms with Crippen LogP contribution in [0, 0.1) is 17.8 Å². The zero-order chi connectivity index (χ0) is 23.7. The van der Waals surface area contributed by atoms with Gasteiger partial charge in [-0.25, -0.2) is 4.79 Å². The summed E-state index contributed by atoms with van der Waals surface area (Å²) in [5.74, 6) is -0.129. The predicted octanol–water partition coefficient (Wildman–Crippen LogP) is 2.77. The molecule has 0 aromatic heterocycles. The van der Waals surface area contributed by atoms with E-state index in [4.69, 9.17) is 14.6 Å². The van der Waals surface area contributed by atoms with Gasteiger partial charge in [-0.05, 0) is 46.4 Å². The van der Waals surface area contributed by atoms with Crippen LogP contribution in [0.25, 0.3) is 11.1 Å². The van der Waals surface area contributed by atoms with Crippen LogP contribution in [-0.4, -0.2) is 55.5 Å². The van der Waals surface area contributed by atoms with Crippen molar-refractivity contribution in [1.29, 1.82) is 0 Å². The van der Waals surface area contributed by atoms with Gasteiger partial charge in [-0.3, -0.25) is 9.59 Å². The number of hydrogen-bond donors (Lipinski definition) is 3. The molecule has 1 heterocycles. The lowest BCUT2D eigenvalue weighted by molar-refractivity contribution is -0.137. The molecule has 8 heteroatoms. The Morgan fingerprint density at radius 3 is 2.24 bits per heavy atom. The molecular weight excluding hydrogens is 436 g/mol. The molecule has 3 aliphatic rings. The molecule has 0 bridgehead atoms. The Balaban J connectivity index is 1.19. The number of amides is 2. The molecule has 5 rings (SSSR count). The van der Waals surface area contributed by atoms with Crippen molar-refractivity contribution in [3.05, 3.63) is 59.7 Å². The van der Waals surface area contributed by atoms with Crippen molar-refractivity contribution in [2.24, 2.45) is 17.8 Å². The number of ether oxygens (including phenoxy) is 2. The lowest BCUT2D eigenvalue weighted by Gasteiger charge is -2.19. The van der Waals surface area contributed by atoms with E-state index in [0.29, 0.717) is 24.3 Å². The summed E-state index contributed by atoms with van der Waals surface area (Å²) in [6.45, 7) is 2.09. The van der Waals surface area contributed by atoms with E-state index in [2.05, 4.69) is 22.8 Å². The summed E-state index contributed by atoms with van der Waals surface area (Å²) >= 11 is 0. The highest BCUT2D eigenvalue weighted by Crippen LogP contribution is 2.50. The number of fused-ring (bicyclic) bond motifs is 4. The second-order valence-electron chi connectivity index (χ2n) is 9.23. The SMILES string of the molecule is O=C(O)CCC(NC(=O)OCC1c2ccccc2-c2ccccc21)C(=O)NCC1C2COCC12. The fraction of sp³-hybridized carbons (Fsp3) is 0.423. The molecule has 2 amide bonds. The largest absolute Gasteiger partial charge is 0.481 e. The van der Waals surface area contributed by atoms with Gasteiger partial charge < -0.3 is 25.2 Å². The number of rotatable bonds is 9. The van der Waals surface area contributed by atoms with Gasteiger partial charge in [0, 0.05) is 18.9 Å². The molecule has 2 aliphatic carbocycles. The van der Waals surface area contributed by atoms with E-state index in [9.17, 15) is 14.4 Å². The standard InChI is InChI=1S/C26H28N2O6/c29-24(30)10-9-23(25(31)27-11-19-20-12-33-13-21(19)20)28-26(32)34-14-22-17-7-3-1-5-15(17)16-6-2-4-8-18(16)22/h1-8,19-23H,9-14H2,(H,27,31)(H,28,32)(H,29,30). The zero-order valence-electron chi connectivity index (χ0n) is 18.7. The van der Waals surface area contributed by atoms with Crippen molar-refractivity contribution in [2.75, 3.05) is 26.4 Å². The van der Waals surface area contributed by atoms with E-state index in [0.717, 1.165) is 35.5 Å². The molecule has 0 radical (unpaired) electrons. The predicted molar refractivity (Wildman–Crippen MR) is 123 cm³/mol. The number of alkyl carbamates (subject to hydrolysis) is 1. The number of nitrogens with one attached hydrogen (secondary N) is 2. The van der Waals surface area contributed by atoms with Gasteiger partial charge in [-0.15, -0.1) is 0 Å². The normalized spacial score (nSPS) is 22.8. The maximum Gasteiger partial charge on any atom is 0.407 e. The van der Waals surface area contributed by atoms with Gasteiger partial charge >= 0.3 is 12.1 Å². The van der Waals surface area contributed by atoms with E-state index < -0.39 is 18.1 Å². The van der Waals surface area contributed by atoms with Crippen molar-refractivity contribution in [3.8, 4) is 11.1 Å². The van der Waals surface area contributed by atoms with Crippen molar-refractivity contribution in [3.63, 3.8) is 0 Å². The number of benzene rings is 2. The Morgan fingerprint density at radius 1 is 1.00 bits per heavy atom. The lowest BCUT2D eigenvalue weighted by Crippen LogP contribution is -2.48. The molecule has 1 aliphatic heterocycles. The lowest BCUT2D eigenvalue weighted by atomic mass is 9.98. The van der Waals surface area contributed by atoms with Crippen molar-refractivity contribution >= 4 is 18.0 Å². The molecule has 2 aromatic rings. The fourth-order valence-electron chi connectivity index (χ4n) is 5.32. The first-order valence-electron chi connectivity index (χ1n) is 11.7. The molecule has 1 saturated carbocycles. The van der Waals surface area contributed by atoms with Crippen LogP contribution in [0.5, 0.6) is 0 Å². The monoisotopic (exact) mass is 464 g/mol. The van der Waals surface area contributed by atoms with Crippen molar-refractivity contribution in [1.82, 2.24) is 10.6 Å². The third-order valence-electron chi connectivity index (χ3n) is 7.24. The first-order valence-corrected chi connectivity index (χ1v) is 11.7. The smallest absolute Gasteiger partial charge is 0.407 e. The van der Waals surface area contributed by atoms with Gasteiger partial charge in [-0.2, -0.15) is 0 Å². The maximum atomic E-state index is 12.7. The second kappa shape index (κ2) is 9.46. The summed E-state index contributed by atoms with van der Waals surface area (Å²) in [5, 5.41) is 14.5. The summed E-state index contributed by atoms with van der Waals surface area (Å²) in [7, 11) is 0. The van der Waals surface area contributed by atoms with Crippen molar-refractivity contribution in [2.45, 2.75) is 24.8 Å². The fourth-order valence-corrected chi connectivity index (χ4v) is 5.32. The summed E-state index contributed by atoms with van der Waals surface area (Å²) in [6.07, 6.45) is -0.972. The topological polar surface area (TPSA) is 114 Å². The first kappa shape index (κ1) is 22.4. The third kappa shape index (κ3) is 4.50. The zero-order valence-corrected chi connectivity index (χ0v) is 18.7. The van der Waals surface area contributed by atoms with Gasteiger partial charge in [0.15, 0.2) is 0 Å². The highest BCUT2D eigenvalue weighted by Gasteiger charge is 2.53. The molecule has 34 heavy (non-hydrogen) atoms. The molecule has 3 N–H and O–H groups in total. The Labute approximate surface area is 197 Å². The van der Waals surface area contributed by atoms with Gasteiger partial charge in [0.2, 0.25) is 5.91 Å². The summed E-state index contributed by atoms with van der Waals surface area (Å²) in [6, 6.07) is 15.1. The molecular formula is C26H28N2O6. The van der Waals surface area contributed by atoms with Crippen LogP contribution in [0.2, 0.25) is 0 Å². The number of carbonyl (C=O) groups is 3. The number of carboxylic acids is 1. The van der Waals surface area contributed by atoms with Crippen LogP contribution < -0.4 is 10.6 Å². The maximum absolute atomic E-state index is 12.7. The quantitative estimate of drug-likeness (QED) is 0.526. The van der Waals surface area contributed by atoms with Crippen LogP contribution in [-0.2, 0) is 19.1 Å². The summed E-state index contributed by atoms with van der Waals surface area (Å²) in [5.41, 5.74) is 4.44. The molecule has 3 unspecified atom stereocenters. The average Bonchev–Trinajstić information content (AvgIpc) is 3.16. The highest BCUT2D eigenvalue weighted by atomic mass is 16.5. The van der Waals surface area contributed by atoms with Crippen LogP contribution in [0.4, 0.5) is 4.79 Å². The third-order valence-corrected chi connectivity index (χ3v) is 7.24. The van der Waals surface area contributed by atoms with E-state index >= 15 is 0 Å². The minimum atomic E-state index is -1.03. The van der Waals surface area contributed by atoms with Crippen LogP contribution in [0.3, 0.4) is 0 Å². The Hall–Kier alpha value is -3.39. The Morgan fingerprint density at radius 2 is 1.62 bits per heavy atom. The molecule has 1 saturated heterocycles. The van der Waals surface area contributed by atoms with E-state index in [1.807, 2.05) is 36.4 Å². The van der Waals surface area contributed by atoms with Gasteiger partial charge in [0.25, 0.3) is 0 Å². The minimum Gasteiger partial charge on any atom is -0.481 e. The number of carbonyl (C=O) groups excluding carboxylic acids is 2. The minimum absolute atomic E-state index is 0.00794. The van der Waals surface area contributed by atoms with Crippen LogP contribution in [0.1, 0.15) is 29.9 Å². The molecule has 178 valence electrons.